The van der Waals surface area contributed by atoms with E-state index in [9.17, 15) is 12.8 Å². The summed E-state index contributed by atoms with van der Waals surface area (Å²) in [6, 6.07) is 8.54. The molecule has 0 atom stereocenters. The van der Waals surface area contributed by atoms with Gasteiger partial charge in [-0.15, -0.1) is 0 Å². The van der Waals surface area contributed by atoms with Gasteiger partial charge in [0.1, 0.15) is 22.2 Å². The molecule has 0 heterocycles. The van der Waals surface area contributed by atoms with Crippen molar-refractivity contribution < 1.29 is 22.3 Å². The fourth-order valence-corrected chi connectivity index (χ4v) is 3.71. The molecule has 0 aromatic heterocycles. The highest BCUT2D eigenvalue weighted by Gasteiger charge is 2.27. The van der Waals surface area contributed by atoms with Gasteiger partial charge in [0.2, 0.25) is 0 Å². The number of methoxy groups -OCH3 is 2. The Hall–Kier alpha value is -1.80. The van der Waals surface area contributed by atoms with Crippen molar-refractivity contribution in [1.82, 2.24) is 0 Å². The molecular weight excluding hydrogens is 389 g/mol. The molecule has 0 amide bonds. The molecule has 2 aromatic carbocycles. The third kappa shape index (κ3) is 3.42. The first-order valence-corrected chi connectivity index (χ1v) is 8.70. The van der Waals surface area contributed by atoms with E-state index in [0.717, 1.165) is 4.31 Å². The summed E-state index contributed by atoms with van der Waals surface area (Å²) in [6.45, 7) is 0. The third-order valence-electron chi connectivity index (χ3n) is 3.26. The fraction of sp³-hybridized carbons (Fsp3) is 0.200. The van der Waals surface area contributed by atoms with Crippen LogP contribution in [0.2, 0.25) is 0 Å². The molecule has 2 rings (SSSR count). The van der Waals surface area contributed by atoms with Gasteiger partial charge in [-0.3, -0.25) is 4.31 Å². The highest BCUT2D eigenvalue weighted by molar-refractivity contribution is 9.10. The van der Waals surface area contributed by atoms with Crippen LogP contribution in [-0.4, -0.2) is 29.7 Å². The van der Waals surface area contributed by atoms with Gasteiger partial charge in [-0.25, -0.2) is 12.8 Å². The van der Waals surface area contributed by atoms with Crippen molar-refractivity contribution in [2.45, 2.75) is 4.90 Å². The van der Waals surface area contributed by atoms with E-state index >= 15 is 0 Å². The molecule has 0 aliphatic rings. The molecule has 0 radical (unpaired) electrons. The standard InChI is InChI=1S/C15H15BrFNO4S/c1-18(13-6-4-10(16)8-12(13)17)23(19,20)15-9-11(21-2)5-7-14(15)22-3/h4-9H,1-3H3. The van der Waals surface area contributed by atoms with Crippen LogP contribution >= 0.6 is 15.9 Å². The Morgan fingerprint density at radius 1 is 1.09 bits per heavy atom. The molecule has 0 unspecified atom stereocenters. The highest BCUT2D eigenvalue weighted by Crippen LogP contribution is 2.33. The number of rotatable bonds is 5. The average Bonchev–Trinajstić information content (AvgIpc) is 2.53. The summed E-state index contributed by atoms with van der Waals surface area (Å²) >= 11 is 3.14. The number of hydrogen-bond acceptors (Lipinski definition) is 4. The Balaban J connectivity index is 2.57. The maximum Gasteiger partial charge on any atom is 0.267 e. The van der Waals surface area contributed by atoms with Crippen LogP contribution in [0.25, 0.3) is 0 Å². The first-order valence-electron chi connectivity index (χ1n) is 6.47. The molecule has 0 bridgehead atoms. The summed E-state index contributed by atoms with van der Waals surface area (Å²) in [5, 5.41) is 0. The smallest absolute Gasteiger partial charge is 0.267 e. The zero-order chi connectivity index (χ0) is 17.2. The first-order chi connectivity index (χ1) is 10.8. The average molecular weight is 404 g/mol. The summed E-state index contributed by atoms with van der Waals surface area (Å²) in [7, 11) is 0.0377. The van der Waals surface area contributed by atoms with Crippen molar-refractivity contribution in [1.29, 1.82) is 0 Å². The van der Waals surface area contributed by atoms with Gasteiger partial charge in [-0.05, 0) is 30.3 Å². The second-order valence-electron chi connectivity index (χ2n) is 4.59. The van der Waals surface area contributed by atoms with Crippen molar-refractivity contribution in [3.05, 3.63) is 46.7 Å². The quantitative estimate of drug-likeness (QED) is 0.767. The minimum absolute atomic E-state index is 0.0712. The Labute approximate surface area is 142 Å². The normalized spacial score (nSPS) is 11.2. The van der Waals surface area contributed by atoms with Crippen LogP contribution < -0.4 is 13.8 Å². The van der Waals surface area contributed by atoms with E-state index in [1.807, 2.05) is 0 Å². The number of sulfonamides is 1. The molecule has 5 nitrogen and oxygen atoms in total. The van der Waals surface area contributed by atoms with Crippen LogP contribution in [0.15, 0.2) is 45.8 Å². The van der Waals surface area contributed by atoms with Gasteiger partial charge in [0.25, 0.3) is 10.0 Å². The van der Waals surface area contributed by atoms with Crippen molar-refractivity contribution in [2.75, 3.05) is 25.6 Å². The van der Waals surface area contributed by atoms with Gasteiger partial charge >= 0.3 is 0 Å². The van der Waals surface area contributed by atoms with Crippen LogP contribution in [0.3, 0.4) is 0 Å². The lowest BCUT2D eigenvalue weighted by molar-refractivity contribution is 0.392. The van der Waals surface area contributed by atoms with Crippen LogP contribution in [-0.2, 0) is 10.0 Å². The Morgan fingerprint density at radius 2 is 1.78 bits per heavy atom. The van der Waals surface area contributed by atoms with E-state index < -0.39 is 15.8 Å². The molecule has 8 heteroatoms. The maximum atomic E-state index is 14.1. The maximum absolute atomic E-state index is 14.1. The van der Waals surface area contributed by atoms with Gasteiger partial charge in [-0.2, -0.15) is 0 Å². The summed E-state index contributed by atoms with van der Waals surface area (Å²) in [4.78, 5) is -0.107. The van der Waals surface area contributed by atoms with E-state index in [1.165, 1.54) is 45.5 Å². The Morgan fingerprint density at radius 3 is 2.35 bits per heavy atom. The zero-order valence-electron chi connectivity index (χ0n) is 12.7. The third-order valence-corrected chi connectivity index (χ3v) is 5.54. The summed E-state index contributed by atoms with van der Waals surface area (Å²) < 4.78 is 51.3. The molecular formula is C15H15BrFNO4S. The number of anilines is 1. The van der Waals surface area contributed by atoms with Crippen molar-refractivity contribution in [3.63, 3.8) is 0 Å². The number of nitrogens with zero attached hydrogens (tertiary/aromatic N) is 1. The van der Waals surface area contributed by atoms with Crippen LogP contribution in [0.1, 0.15) is 0 Å². The van der Waals surface area contributed by atoms with Gasteiger partial charge < -0.3 is 9.47 Å². The number of hydrogen-bond donors (Lipinski definition) is 0. The second kappa shape index (κ2) is 6.76. The van der Waals surface area contributed by atoms with Crippen LogP contribution in [0.4, 0.5) is 10.1 Å². The largest absolute Gasteiger partial charge is 0.497 e. The molecule has 0 N–H and O–H groups in total. The SMILES string of the molecule is COc1ccc(OC)c(S(=O)(=O)N(C)c2ccc(Br)cc2F)c1. The number of benzene rings is 2. The molecule has 0 spiro atoms. The van der Waals surface area contributed by atoms with Gasteiger partial charge in [-0.1, -0.05) is 15.9 Å². The second-order valence-corrected chi connectivity index (χ2v) is 7.44. The minimum atomic E-state index is -4.03. The summed E-state index contributed by atoms with van der Waals surface area (Å²) in [5.41, 5.74) is -0.0712. The van der Waals surface area contributed by atoms with Gasteiger partial charge in [0.05, 0.1) is 19.9 Å². The molecule has 2 aromatic rings. The van der Waals surface area contributed by atoms with Crippen molar-refractivity contribution in [2.24, 2.45) is 0 Å². The number of ether oxygens (including phenoxy) is 2. The predicted molar refractivity (Wildman–Crippen MR) is 89.2 cm³/mol. The number of halogens is 2. The monoisotopic (exact) mass is 403 g/mol. The van der Waals surface area contributed by atoms with E-state index in [2.05, 4.69) is 15.9 Å². The van der Waals surface area contributed by atoms with Crippen molar-refractivity contribution in [3.8, 4) is 11.5 Å². The summed E-state index contributed by atoms with van der Waals surface area (Å²) in [5.74, 6) is -0.156. The van der Waals surface area contributed by atoms with Gasteiger partial charge in [0.15, 0.2) is 0 Å². The lowest BCUT2D eigenvalue weighted by Gasteiger charge is -2.21. The summed E-state index contributed by atoms with van der Waals surface area (Å²) in [6.07, 6.45) is 0. The molecule has 0 saturated heterocycles. The van der Waals surface area contributed by atoms with Crippen LogP contribution in [0, 0.1) is 5.82 Å². The first kappa shape index (κ1) is 17.6. The fourth-order valence-electron chi connectivity index (χ4n) is 2.00. The minimum Gasteiger partial charge on any atom is -0.497 e. The Kier molecular flexibility index (Phi) is 5.16. The lowest BCUT2D eigenvalue weighted by Crippen LogP contribution is -2.27. The lowest BCUT2D eigenvalue weighted by atomic mass is 10.3. The van der Waals surface area contributed by atoms with E-state index in [0.29, 0.717) is 10.2 Å². The molecule has 23 heavy (non-hydrogen) atoms. The molecule has 0 fully saturated rings. The van der Waals surface area contributed by atoms with Crippen LogP contribution in [0.5, 0.6) is 11.5 Å². The van der Waals surface area contributed by atoms with E-state index in [4.69, 9.17) is 9.47 Å². The molecule has 0 saturated carbocycles. The molecule has 0 aliphatic heterocycles. The molecule has 124 valence electrons. The molecule has 0 aliphatic carbocycles. The predicted octanol–water partition coefficient (Wildman–Crippen LogP) is 3.43. The zero-order valence-corrected chi connectivity index (χ0v) is 15.1. The Bertz CT molecular complexity index is 826. The van der Waals surface area contributed by atoms with Gasteiger partial charge in [0, 0.05) is 17.6 Å². The van der Waals surface area contributed by atoms with Crippen molar-refractivity contribution >= 4 is 31.6 Å². The highest BCUT2D eigenvalue weighted by atomic mass is 79.9. The van der Waals surface area contributed by atoms with E-state index in [1.54, 1.807) is 12.1 Å². The van der Waals surface area contributed by atoms with E-state index in [-0.39, 0.29) is 16.3 Å². The topological polar surface area (TPSA) is 55.8 Å².